The second-order valence-electron chi connectivity index (χ2n) is 8.49. The fourth-order valence-electron chi connectivity index (χ4n) is 3.93. The van der Waals surface area contributed by atoms with E-state index < -0.39 is 12.1 Å². The van der Waals surface area contributed by atoms with Crippen molar-refractivity contribution in [3.63, 3.8) is 0 Å². The summed E-state index contributed by atoms with van der Waals surface area (Å²) >= 11 is 1.78. The van der Waals surface area contributed by atoms with E-state index in [-0.39, 0.29) is 0 Å². The van der Waals surface area contributed by atoms with Crippen LogP contribution in [-0.4, -0.2) is 46.5 Å². The number of H-pyrrole nitrogens is 1. The van der Waals surface area contributed by atoms with Gasteiger partial charge in [0.05, 0.1) is 22.0 Å². The zero-order chi connectivity index (χ0) is 25.7. The summed E-state index contributed by atoms with van der Waals surface area (Å²) in [4.78, 5) is 19.6. The van der Waals surface area contributed by atoms with Crippen molar-refractivity contribution >= 4 is 28.3 Å². The normalized spacial score (nSPS) is 15.6. The third-order valence-corrected chi connectivity index (χ3v) is 6.87. The molecule has 0 saturated carbocycles. The Morgan fingerprint density at radius 1 is 1.19 bits per heavy atom. The van der Waals surface area contributed by atoms with Gasteiger partial charge in [0.1, 0.15) is 5.82 Å². The maximum atomic E-state index is 10.6. The Bertz CT molecular complexity index is 1330. The second-order valence-corrected chi connectivity index (χ2v) is 9.57. The summed E-state index contributed by atoms with van der Waals surface area (Å²) in [6.07, 6.45) is -2.34. The quantitative estimate of drug-likeness (QED) is 0.285. The highest BCUT2D eigenvalue weighted by molar-refractivity contribution is 7.18. The molecule has 1 atom stereocenters. The number of para-hydroxylation sites is 1. The van der Waals surface area contributed by atoms with E-state index in [9.17, 15) is 13.2 Å². The molecule has 0 spiro atoms. The molecule has 0 radical (unpaired) electrons. The smallest absolute Gasteiger partial charge is 0.475 e. The number of nitrogens with one attached hydrogen (secondary N) is 2. The number of fused-ring (bicyclic) bond motifs is 1. The van der Waals surface area contributed by atoms with Gasteiger partial charge in [0.2, 0.25) is 0 Å². The Morgan fingerprint density at radius 2 is 1.94 bits per heavy atom. The molecule has 1 aliphatic rings. The summed E-state index contributed by atoms with van der Waals surface area (Å²) in [5, 5.41) is 10.7. The highest BCUT2D eigenvalue weighted by Gasteiger charge is 2.38. The summed E-state index contributed by atoms with van der Waals surface area (Å²) in [6.45, 7) is 4.81. The van der Waals surface area contributed by atoms with Crippen molar-refractivity contribution in [3.05, 3.63) is 65.7 Å². The summed E-state index contributed by atoms with van der Waals surface area (Å²) in [6, 6.07) is 19.4. The average molecular weight is 518 g/mol. The second kappa shape index (κ2) is 11.2. The molecule has 10 heteroatoms. The number of halogens is 3. The number of carbonyl (C=O) groups is 1. The summed E-state index contributed by atoms with van der Waals surface area (Å²) in [5.41, 5.74) is 5.90. The Labute approximate surface area is 210 Å². The molecule has 36 heavy (non-hydrogen) atoms. The number of thiophene rings is 1. The lowest BCUT2D eigenvalue weighted by Gasteiger charge is -2.11. The van der Waals surface area contributed by atoms with Crippen LogP contribution in [0.5, 0.6) is 0 Å². The lowest BCUT2D eigenvalue weighted by molar-refractivity contribution is -0.192. The molecule has 3 heterocycles. The molecule has 0 aliphatic carbocycles. The molecule has 1 unspecified atom stereocenters. The van der Waals surface area contributed by atoms with Gasteiger partial charge in [0.15, 0.2) is 0 Å². The molecule has 5 rings (SSSR count). The number of ether oxygens (including phenoxy) is 1. The van der Waals surface area contributed by atoms with Gasteiger partial charge in [-0.3, -0.25) is 0 Å². The lowest BCUT2D eigenvalue weighted by Crippen LogP contribution is -2.25. The maximum absolute atomic E-state index is 10.6. The van der Waals surface area contributed by atoms with Crippen LogP contribution in [0, 0.1) is 6.92 Å². The minimum atomic E-state index is -5.08. The van der Waals surface area contributed by atoms with Crippen LogP contribution in [0.2, 0.25) is 0 Å². The first-order valence-corrected chi connectivity index (χ1v) is 12.3. The number of alkyl halides is 3. The number of imidazole rings is 1. The SMILES string of the molecule is Cc1cccc2[nH]c(-c3ccc(-c4cccc(CNCC5CCCO5)c4)s3)nc12.O=C(O)C(F)(F)F. The maximum Gasteiger partial charge on any atom is 0.490 e. The van der Waals surface area contributed by atoms with Crippen molar-refractivity contribution in [3.8, 4) is 21.1 Å². The predicted molar refractivity (Wildman–Crippen MR) is 134 cm³/mol. The lowest BCUT2D eigenvalue weighted by atomic mass is 10.1. The van der Waals surface area contributed by atoms with Gasteiger partial charge in [-0.1, -0.05) is 30.3 Å². The monoisotopic (exact) mass is 517 g/mol. The third-order valence-electron chi connectivity index (χ3n) is 5.73. The molecule has 2 aromatic carbocycles. The van der Waals surface area contributed by atoms with Crippen LogP contribution in [0.4, 0.5) is 13.2 Å². The number of hydrogen-bond donors (Lipinski definition) is 3. The first-order chi connectivity index (χ1) is 17.2. The van der Waals surface area contributed by atoms with Crippen LogP contribution in [0.25, 0.3) is 32.2 Å². The van der Waals surface area contributed by atoms with E-state index in [1.54, 1.807) is 11.3 Å². The topological polar surface area (TPSA) is 87.2 Å². The van der Waals surface area contributed by atoms with Crippen molar-refractivity contribution in [2.45, 2.75) is 38.6 Å². The van der Waals surface area contributed by atoms with Crippen molar-refractivity contribution < 1.29 is 27.8 Å². The van der Waals surface area contributed by atoms with Gasteiger partial charge in [0, 0.05) is 24.6 Å². The number of hydrogen-bond acceptors (Lipinski definition) is 5. The van der Waals surface area contributed by atoms with Gasteiger partial charge in [-0.25, -0.2) is 9.78 Å². The highest BCUT2D eigenvalue weighted by Crippen LogP contribution is 2.34. The number of aromatic nitrogens is 2. The fraction of sp³-hybridized carbons (Fsp3) is 0.308. The number of carboxylic acids is 1. The Kier molecular flexibility index (Phi) is 8.07. The van der Waals surface area contributed by atoms with E-state index in [1.165, 1.54) is 34.4 Å². The molecule has 2 aromatic heterocycles. The average Bonchev–Trinajstić information content (AvgIpc) is 3.60. The largest absolute Gasteiger partial charge is 0.490 e. The van der Waals surface area contributed by atoms with Crippen LogP contribution in [0.1, 0.15) is 24.0 Å². The predicted octanol–water partition coefficient (Wildman–Crippen LogP) is 6.17. The Balaban J connectivity index is 0.000000384. The summed E-state index contributed by atoms with van der Waals surface area (Å²) in [5.74, 6) is -1.81. The number of rotatable bonds is 6. The van der Waals surface area contributed by atoms with Gasteiger partial charge in [-0.2, -0.15) is 13.2 Å². The molecule has 190 valence electrons. The molecule has 0 bridgehead atoms. The van der Waals surface area contributed by atoms with Crippen LogP contribution in [0.15, 0.2) is 54.6 Å². The highest BCUT2D eigenvalue weighted by atomic mass is 32.1. The number of carboxylic acid groups (broad SMARTS) is 1. The molecule has 0 amide bonds. The first-order valence-electron chi connectivity index (χ1n) is 11.5. The van der Waals surface area contributed by atoms with Crippen molar-refractivity contribution in [1.29, 1.82) is 0 Å². The van der Waals surface area contributed by atoms with Crippen molar-refractivity contribution in [2.75, 3.05) is 13.2 Å². The Hall–Kier alpha value is -3.21. The minimum absolute atomic E-state index is 0.380. The van der Waals surface area contributed by atoms with E-state index >= 15 is 0 Å². The van der Waals surface area contributed by atoms with E-state index in [0.717, 1.165) is 41.4 Å². The molecule has 1 saturated heterocycles. The van der Waals surface area contributed by atoms with Crippen molar-refractivity contribution in [1.82, 2.24) is 15.3 Å². The van der Waals surface area contributed by atoms with E-state index in [2.05, 4.69) is 71.8 Å². The minimum Gasteiger partial charge on any atom is -0.475 e. The van der Waals surface area contributed by atoms with Gasteiger partial charge in [-0.05, 0) is 60.7 Å². The number of aromatic amines is 1. The zero-order valence-electron chi connectivity index (χ0n) is 19.6. The van der Waals surface area contributed by atoms with Crippen LogP contribution >= 0.6 is 11.3 Å². The molecule has 3 N–H and O–H groups in total. The molecule has 1 fully saturated rings. The third kappa shape index (κ3) is 6.51. The summed E-state index contributed by atoms with van der Waals surface area (Å²) in [7, 11) is 0. The number of aliphatic carboxylic acids is 1. The van der Waals surface area contributed by atoms with E-state index in [4.69, 9.17) is 19.6 Å². The Morgan fingerprint density at radius 3 is 2.64 bits per heavy atom. The van der Waals surface area contributed by atoms with Gasteiger partial charge < -0.3 is 20.1 Å². The molecule has 1 aliphatic heterocycles. The number of aryl methyl sites for hydroxylation is 1. The van der Waals surface area contributed by atoms with Gasteiger partial charge >= 0.3 is 12.1 Å². The number of nitrogens with zero attached hydrogens (tertiary/aromatic N) is 1. The van der Waals surface area contributed by atoms with Crippen LogP contribution < -0.4 is 5.32 Å². The van der Waals surface area contributed by atoms with Crippen molar-refractivity contribution in [2.24, 2.45) is 0 Å². The van der Waals surface area contributed by atoms with Gasteiger partial charge in [0.25, 0.3) is 0 Å². The van der Waals surface area contributed by atoms with Crippen LogP contribution in [-0.2, 0) is 16.1 Å². The number of benzene rings is 2. The summed E-state index contributed by atoms with van der Waals surface area (Å²) < 4.78 is 37.4. The molecular formula is C26H26F3N3O3S. The molecular weight excluding hydrogens is 491 g/mol. The zero-order valence-corrected chi connectivity index (χ0v) is 20.4. The fourth-order valence-corrected chi connectivity index (χ4v) is 4.88. The standard InChI is InChI=1S/C24H25N3OS.C2HF3O2/c1-16-5-2-9-20-23(16)27-24(26-20)22-11-10-21(29-22)18-7-3-6-17(13-18)14-25-15-19-8-4-12-28-19;3-2(4,5)1(6)7/h2-3,5-7,9-11,13,19,25H,4,8,12,14-15H2,1H3,(H,26,27);(H,6,7). The van der Waals surface area contributed by atoms with E-state index in [0.29, 0.717) is 6.10 Å². The molecule has 4 aromatic rings. The van der Waals surface area contributed by atoms with Gasteiger partial charge in [-0.15, -0.1) is 11.3 Å². The van der Waals surface area contributed by atoms with Crippen LogP contribution in [0.3, 0.4) is 0 Å². The first kappa shape index (κ1) is 25.9. The molecule has 6 nitrogen and oxygen atoms in total. The van der Waals surface area contributed by atoms with E-state index in [1.807, 2.05) is 0 Å².